The van der Waals surface area contributed by atoms with Crippen LogP contribution in [0.15, 0.2) is 0 Å². The minimum Gasteiger partial charge on any atom is -0.480 e. The molecule has 0 unspecified atom stereocenters. The Morgan fingerprint density at radius 1 is 1.05 bits per heavy atom. The van der Waals surface area contributed by atoms with Crippen LogP contribution >= 0.6 is 0 Å². The minimum atomic E-state index is -1.32. The van der Waals surface area contributed by atoms with E-state index in [0.29, 0.717) is 12.8 Å². The van der Waals surface area contributed by atoms with Gasteiger partial charge in [-0.3, -0.25) is 9.59 Å². The number of esters is 1. The van der Waals surface area contributed by atoms with Gasteiger partial charge in [-0.05, 0) is 25.7 Å². The topological polar surface area (TPSA) is 72.8 Å². The molecule has 0 aliphatic heterocycles. The van der Waals surface area contributed by atoms with E-state index in [1.165, 1.54) is 6.42 Å². The number of carbonyl (C=O) groups excluding carboxylic acids is 1. The number of rotatable bonds is 5. The van der Waals surface area contributed by atoms with Crippen LogP contribution in [0.2, 0.25) is 0 Å². The number of carboxylic acids is 1. The predicted molar refractivity (Wildman–Crippen MR) is 67.5 cm³/mol. The van der Waals surface area contributed by atoms with Gasteiger partial charge in [0.05, 0.1) is 6.10 Å². The molecule has 0 heterocycles. The summed E-state index contributed by atoms with van der Waals surface area (Å²) in [6, 6.07) is 0. The summed E-state index contributed by atoms with van der Waals surface area (Å²) in [7, 11) is 0. The summed E-state index contributed by atoms with van der Waals surface area (Å²) in [5.41, 5.74) is -1.32. The van der Waals surface area contributed by atoms with Crippen molar-refractivity contribution >= 4 is 11.9 Å². The lowest BCUT2D eigenvalue weighted by molar-refractivity contribution is -0.180. The van der Waals surface area contributed by atoms with E-state index in [9.17, 15) is 14.7 Å². The molecule has 2 saturated carbocycles. The van der Waals surface area contributed by atoms with Gasteiger partial charge in [0.2, 0.25) is 0 Å². The van der Waals surface area contributed by atoms with Gasteiger partial charge >= 0.3 is 11.9 Å². The zero-order chi connectivity index (χ0) is 13.7. The second-order valence-corrected chi connectivity index (χ2v) is 5.57. The smallest absolute Gasteiger partial charge is 0.325 e. The van der Waals surface area contributed by atoms with Gasteiger partial charge in [0.25, 0.3) is 0 Å². The van der Waals surface area contributed by atoms with Crippen molar-refractivity contribution in [3.8, 4) is 0 Å². The average molecular weight is 270 g/mol. The number of aliphatic carboxylic acids is 1. The maximum atomic E-state index is 12.0. The highest BCUT2D eigenvalue weighted by Crippen LogP contribution is 2.39. The second kappa shape index (κ2) is 6.37. The maximum absolute atomic E-state index is 12.0. The van der Waals surface area contributed by atoms with Crippen molar-refractivity contribution in [2.24, 2.45) is 5.41 Å². The summed E-state index contributed by atoms with van der Waals surface area (Å²) in [6.45, 7) is -0.113. The predicted octanol–water partition coefficient (Wildman–Crippen LogP) is 2.48. The second-order valence-electron chi connectivity index (χ2n) is 5.57. The molecule has 2 fully saturated rings. The van der Waals surface area contributed by atoms with E-state index in [0.717, 1.165) is 38.5 Å². The molecule has 2 rings (SSSR count). The first-order chi connectivity index (χ1) is 9.15. The number of hydrogen-bond donors (Lipinski definition) is 1. The Labute approximate surface area is 113 Å². The number of carboxylic acid groups (broad SMARTS) is 1. The molecule has 0 spiro atoms. The van der Waals surface area contributed by atoms with Crippen LogP contribution in [-0.2, 0) is 19.1 Å². The Balaban J connectivity index is 1.78. The van der Waals surface area contributed by atoms with Crippen LogP contribution < -0.4 is 0 Å². The van der Waals surface area contributed by atoms with Crippen LogP contribution in [0.5, 0.6) is 0 Å². The molecule has 108 valence electrons. The van der Waals surface area contributed by atoms with E-state index in [1.54, 1.807) is 0 Å². The van der Waals surface area contributed by atoms with E-state index < -0.39 is 17.4 Å². The molecule has 0 amide bonds. The van der Waals surface area contributed by atoms with Crippen LogP contribution in [0.25, 0.3) is 0 Å². The van der Waals surface area contributed by atoms with E-state index >= 15 is 0 Å². The lowest BCUT2D eigenvalue weighted by Crippen LogP contribution is -2.38. The van der Waals surface area contributed by atoms with Crippen LogP contribution in [0.4, 0.5) is 0 Å². The molecule has 0 aromatic rings. The molecule has 1 N–H and O–H groups in total. The summed E-state index contributed by atoms with van der Waals surface area (Å²) < 4.78 is 10.6. The SMILES string of the molecule is O=C(O)C1(C(=O)OCOC2CCCCC2)CCCC1. The number of carbonyl (C=O) groups is 2. The molecular formula is C14H22O5. The molecule has 0 saturated heterocycles. The van der Waals surface area contributed by atoms with E-state index in [-0.39, 0.29) is 12.9 Å². The molecular weight excluding hydrogens is 248 g/mol. The molecule has 19 heavy (non-hydrogen) atoms. The van der Waals surface area contributed by atoms with Crippen molar-refractivity contribution in [2.75, 3.05) is 6.79 Å². The Kier molecular flexibility index (Phi) is 4.80. The van der Waals surface area contributed by atoms with E-state index in [4.69, 9.17) is 9.47 Å². The van der Waals surface area contributed by atoms with Crippen molar-refractivity contribution in [3.63, 3.8) is 0 Å². The van der Waals surface area contributed by atoms with Gasteiger partial charge in [-0.25, -0.2) is 0 Å². The highest BCUT2D eigenvalue weighted by atomic mass is 16.7. The Morgan fingerprint density at radius 2 is 1.68 bits per heavy atom. The summed E-state index contributed by atoms with van der Waals surface area (Å²) in [6.07, 6.45) is 8.00. The summed E-state index contributed by atoms with van der Waals surface area (Å²) >= 11 is 0. The monoisotopic (exact) mass is 270 g/mol. The maximum Gasteiger partial charge on any atom is 0.325 e. The van der Waals surface area contributed by atoms with Gasteiger partial charge < -0.3 is 14.6 Å². The van der Waals surface area contributed by atoms with Crippen molar-refractivity contribution in [1.82, 2.24) is 0 Å². The van der Waals surface area contributed by atoms with E-state index in [1.807, 2.05) is 0 Å². The largest absolute Gasteiger partial charge is 0.480 e. The fourth-order valence-corrected chi connectivity index (χ4v) is 3.04. The number of ether oxygens (including phenoxy) is 2. The highest BCUT2D eigenvalue weighted by molar-refractivity contribution is 5.99. The molecule has 0 aromatic carbocycles. The highest BCUT2D eigenvalue weighted by Gasteiger charge is 2.49. The Hall–Kier alpha value is -1.10. The Morgan fingerprint density at radius 3 is 2.26 bits per heavy atom. The van der Waals surface area contributed by atoms with E-state index in [2.05, 4.69) is 0 Å². The zero-order valence-electron chi connectivity index (χ0n) is 11.2. The normalized spacial score (nSPS) is 23.2. The zero-order valence-corrected chi connectivity index (χ0v) is 11.2. The van der Waals surface area contributed by atoms with Gasteiger partial charge in [0.15, 0.2) is 12.2 Å². The summed E-state index contributed by atoms with van der Waals surface area (Å²) in [5, 5.41) is 9.24. The summed E-state index contributed by atoms with van der Waals surface area (Å²) in [5.74, 6) is -1.69. The van der Waals surface area contributed by atoms with Gasteiger partial charge in [-0.2, -0.15) is 0 Å². The lowest BCUT2D eigenvalue weighted by Gasteiger charge is -2.24. The van der Waals surface area contributed by atoms with Crippen LogP contribution in [-0.4, -0.2) is 29.9 Å². The third kappa shape index (κ3) is 3.26. The van der Waals surface area contributed by atoms with Crippen molar-refractivity contribution in [3.05, 3.63) is 0 Å². The minimum absolute atomic E-state index is 0.113. The molecule has 0 bridgehead atoms. The van der Waals surface area contributed by atoms with Gasteiger partial charge in [-0.1, -0.05) is 32.1 Å². The molecule has 0 aromatic heterocycles. The van der Waals surface area contributed by atoms with Crippen LogP contribution in [0.3, 0.4) is 0 Å². The van der Waals surface area contributed by atoms with Gasteiger partial charge in [0.1, 0.15) is 0 Å². The molecule has 0 radical (unpaired) electrons. The van der Waals surface area contributed by atoms with Crippen LogP contribution in [0, 0.1) is 5.41 Å². The van der Waals surface area contributed by atoms with Gasteiger partial charge in [-0.15, -0.1) is 0 Å². The van der Waals surface area contributed by atoms with Crippen LogP contribution in [0.1, 0.15) is 57.8 Å². The van der Waals surface area contributed by atoms with Crippen molar-refractivity contribution in [1.29, 1.82) is 0 Å². The molecule has 5 nitrogen and oxygen atoms in total. The number of hydrogen-bond acceptors (Lipinski definition) is 4. The molecule has 0 atom stereocenters. The van der Waals surface area contributed by atoms with Crippen molar-refractivity contribution < 1.29 is 24.2 Å². The standard InChI is InChI=1S/C14H22O5/c15-12(16)14(8-4-5-9-14)13(17)19-10-18-11-6-2-1-3-7-11/h11H,1-10H2,(H,15,16). The quantitative estimate of drug-likeness (QED) is 0.472. The fraction of sp³-hybridized carbons (Fsp3) is 0.857. The lowest BCUT2D eigenvalue weighted by atomic mass is 9.86. The first kappa shape index (κ1) is 14.3. The average Bonchev–Trinajstić information content (AvgIpc) is 2.90. The summed E-state index contributed by atoms with van der Waals surface area (Å²) in [4.78, 5) is 23.3. The Bertz CT molecular complexity index is 327. The third-order valence-corrected chi connectivity index (χ3v) is 4.30. The fourth-order valence-electron chi connectivity index (χ4n) is 3.04. The van der Waals surface area contributed by atoms with Gasteiger partial charge in [0, 0.05) is 0 Å². The molecule has 5 heteroatoms. The first-order valence-electron chi connectivity index (χ1n) is 7.17. The van der Waals surface area contributed by atoms with Crippen molar-refractivity contribution in [2.45, 2.75) is 63.9 Å². The molecule has 2 aliphatic carbocycles. The third-order valence-electron chi connectivity index (χ3n) is 4.30. The molecule has 2 aliphatic rings. The first-order valence-corrected chi connectivity index (χ1v) is 7.17.